The Labute approximate surface area is 157 Å². The van der Waals surface area contributed by atoms with Gasteiger partial charge in [0, 0.05) is 5.56 Å². The molecule has 1 heterocycles. The molecule has 2 amide bonds. The third kappa shape index (κ3) is 3.37. The summed E-state index contributed by atoms with van der Waals surface area (Å²) in [5, 5.41) is 2.95. The lowest BCUT2D eigenvalue weighted by atomic mass is 10.1. The van der Waals surface area contributed by atoms with Crippen molar-refractivity contribution in [3.05, 3.63) is 102 Å². The van der Waals surface area contributed by atoms with Gasteiger partial charge in [0.2, 0.25) is 0 Å². The summed E-state index contributed by atoms with van der Waals surface area (Å²) >= 11 is 0. The summed E-state index contributed by atoms with van der Waals surface area (Å²) in [5.74, 6) is -0.476. The average molecular weight is 354 g/mol. The first-order valence-electron chi connectivity index (χ1n) is 8.77. The molecule has 1 saturated heterocycles. The van der Waals surface area contributed by atoms with Gasteiger partial charge in [0.25, 0.3) is 11.8 Å². The molecule has 3 aromatic rings. The average Bonchev–Trinajstić information content (AvgIpc) is 3.02. The summed E-state index contributed by atoms with van der Waals surface area (Å²) in [6.07, 6.45) is 1.79. The highest BCUT2D eigenvalue weighted by molar-refractivity contribution is 6.15. The Morgan fingerprint density at radius 3 is 1.89 bits per heavy atom. The number of para-hydroxylation sites is 1. The number of nitrogens with zero attached hydrogens (tertiary/aromatic N) is 2. The molecule has 1 aliphatic rings. The summed E-state index contributed by atoms with van der Waals surface area (Å²) < 4.78 is 0. The van der Waals surface area contributed by atoms with Gasteiger partial charge in [-0.15, -0.1) is 0 Å². The van der Waals surface area contributed by atoms with Crippen LogP contribution in [0.15, 0.2) is 91.0 Å². The quantitative estimate of drug-likeness (QED) is 0.516. The Morgan fingerprint density at radius 1 is 0.704 bits per heavy atom. The molecule has 0 aromatic heterocycles. The molecule has 27 heavy (non-hydrogen) atoms. The number of hydrogen-bond donors (Lipinski definition) is 0. The zero-order chi connectivity index (χ0) is 18.6. The van der Waals surface area contributed by atoms with E-state index < -0.39 is 0 Å². The van der Waals surface area contributed by atoms with Crippen LogP contribution in [0.1, 0.15) is 17.5 Å². The highest BCUT2D eigenvalue weighted by Gasteiger charge is 2.39. The van der Waals surface area contributed by atoms with Gasteiger partial charge in [-0.3, -0.25) is 9.59 Å². The van der Waals surface area contributed by atoms with Crippen molar-refractivity contribution >= 4 is 29.3 Å². The fourth-order valence-corrected chi connectivity index (χ4v) is 3.16. The van der Waals surface area contributed by atoms with Crippen LogP contribution in [0.2, 0.25) is 0 Å². The third-order valence-electron chi connectivity index (χ3n) is 4.38. The van der Waals surface area contributed by atoms with Gasteiger partial charge in [-0.2, -0.15) is 0 Å². The molecule has 4 rings (SSSR count). The van der Waals surface area contributed by atoms with Gasteiger partial charge in [0.05, 0.1) is 11.4 Å². The number of rotatable bonds is 4. The molecule has 132 valence electrons. The van der Waals surface area contributed by atoms with Gasteiger partial charge < -0.3 is 0 Å². The maximum absolute atomic E-state index is 12.8. The van der Waals surface area contributed by atoms with Crippen LogP contribution in [0.25, 0.3) is 11.8 Å². The minimum Gasteiger partial charge on any atom is -0.272 e. The molecule has 0 spiro atoms. The maximum Gasteiger partial charge on any atom is 0.255 e. The fourth-order valence-electron chi connectivity index (χ4n) is 3.16. The molecule has 0 bridgehead atoms. The topological polar surface area (TPSA) is 40.6 Å². The molecule has 4 heteroatoms. The minimum atomic E-state index is -0.241. The van der Waals surface area contributed by atoms with Crippen LogP contribution in [-0.2, 0) is 9.59 Å². The SMILES string of the molecule is O=C1CC(=O)N(c2ccccc2)N1/C(=C/c1ccccc1)c1ccccc1. The van der Waals surface area contributed by atoms with Gasteiger partial charge in [-0.05, 0) is 23.8 Å². The maximum atomic E-state index is 12.8. The molecule has 0 saturated carbocycles. The normalized spacial score (nSPS) is 14.7. The predicted molar refractivity (Wildman–Crippen MR) is 106 cm³/mol. The van der Waals surface area contributed by atoms with Crippen molar-refractivity contribution in [1.29, 1.82) is 0 Å². The van der Waals surface area contributed by atoms with E-state index in [9.17, 15) is 9.59 Å². The molecule has 0 atom stereocenters. The summed E-state index contributed by atoms with van der Waals surface area (Å²) in [4.78, 5) is 25.4. The molecule has 0 aliphatic carbocycles. The van der Waals surface area contributed by atoms with Gasteiger partial charge >= 0.3 is 0 Å². The smallest absolute Gasteiger partial charge is 0.255 e. The zero-order valence-electron chi connectivity index (χ0n) is 14.7. The number of hydrogen-bond acceptors (Lipinski definition) is 2. The number of hydrazine groups is 1. The van der Waals surface area contributed by atoms with E-state index in [-0.39, 0.29) is 18.2 Å². The van der Waals surface area contributed by atoms with Crippen LogP contribution in [0.3, 0.4) is 0 Å². The lowest BCUT2D eigenvalue weighted by molar-refractivity contribution is -0.125. The number of benzene rings is 3. The highest BCUT2D eigenvalue weighted by Crippen LogP contribution is 2.32. The standard InChI is InChI=1S/C23H18N2O2/c26-22-17-23(27)25(24(22)20-14-8-3-9-15-20)21(19-12-6-2-7-13-19)16-18-10-4-1-5-11-18/h1-16H,17H2/b21-16+. The van der Waals surface area contributed by atoms with E-state index >= 15 is 0 Å². The van der Waals surface area contributed by atoms with Crippen molar-refractivity contribution in [3.8, 4) is 0 Å². The first-order chi connectivity index (χ1) is 13.2. The van der Waals surface area contributed by atoms with Crippen LogP contribution in [0.4, 0.5) is 5.69 Å². The van der Waals surface area contributed by atoms with Crippen LogP contribution < -0.4 is 5.01 Å². The molecule has 0 unspecified atom stereocenters. The third-order valence-corrected chi connectivity index (χ3v) is 4.38. The second-order valence-corrected chi connectivity index (χ2v) is 6.23. The van der Waals surface area contributed by atoms with Crippen molar-refractivity contribution in [3.63, 3.8) is 0 Å². The van der Waals surface area contributed by atoms with Crippen molar-refractivity contribution in [1.82, 2.24) is 5.01 Å². The van der Waals surface area contributed by atoms with Gasteiger partial charge in [-0.25, -0.2) is 10.0 Å². The Morgan fingerprint density at radius 2 is 1.26 bits per heavy atom. The summed E-state index contributed by atoms with van der Waals surface area (Å²) in [7, 11) is 0. The van der Waals surface area contributed by atoms with Crippen LogP contribution in [-0.4, -0.2) is 16.8 Å². The van der Waals surface area contributed by atoms with Crippen LogP contribution in [0.5, 0.6) is 0 Å². The monoisotopic (exact) mass is 354 g/mol. The van der Waals surface area contributed by atoms with E-state index in [4.69, 9.17) is 0 Å². The summed E-state index contributed by atoms with van der Waals surface area (Å²) in [6.45, 7) is 0. The second-order valence-electron chi connectivity index (χ2n) is 6.23. The van der Waals surface area contributed by atoms with E-state index in [1.54, 1.807) is 0 Å². The first kappa shape index (κ1) is 16.8. The van der Waals surface area contributed by atoms with E-state index in [0.29, 0.717) is 11.4 Å². The number of carbonyl (C=O) groups is 2. The first-order valence-corrected chi connectivity index (χ1v) is 8.77. The molecular weight excluding hydrogens is 336 g/mol. The second kappa shape index (κ2) is 7.30. The van der Waals surface area contributed by atoms with Gasteiger partial charge in [0.1, 0.15) is 6.42 Å². The van der Waals surface area contributed by atoms with Crippen molar-refractivity contribution in [2.24, 2.45) is 0 Å². The van der Waals surface area contributed by atoms with Gasteiger partial charge in [-0.1, -0.05) is 78.9 Å². The molecule has 0 radical (unpaired) electrons. The zero-order valence-corrected chi connectivity index (χ0v) is 14.7. The Bertz CT molecular complexity index is 983. The van der Waals surface area contributed by atoms with E-state index in [1.807, 2.05) is 97.1 Å². The molecule has 4 nitrogen and oxygen atoms in total. The van der Waals surface area contributed by atoms with E-state index in [1.165, 1.54) is 10.0 Å². The molecular formula is C23H18N2O2. The van der Waals surface area contributed by atoms with E-state index in [0.717, 1.165) is 11.1 Å². The number of carbonyl (C=O) groups excluding carboxylic acids is 2. The highest BCUT2D eigenvalue weighted by atomic mass is 16.2. The molecule has 1 fully saturated rings. The summed E-state index contributed by atoms with van der Waals surface area (Å²) in [6, 6.07) is 28.7. The fraction of sp³-hybridized carbons (Fsp3) is 0.0435. The molecule has 3 aromatic carbocycles. The Hall–Kier alpha value is -3.66. The largest absolute Gasteiger partial charge is 0.272 e. The van der Waals surface area contributed by atoms with Crippen LogP contribution >= 0.6 is 0 Å². The lowest BCUT2D eigenvalue weighted by Gasteiger charge is -2.30. The van der Waals surface area contributed by atoms with Crippen LogP contribution in [0, 0.1) is 0 Å². The molecule has 0 N–H and O–H groups in total. The van der Waals surface area contributed by atoms with Crippen molar-refractivity contribution < 1.29 is 9.59 Å². The van der Waals surface area contributed by atoms with E-state index in [2.05, 4.69) is 0 Å². The number of amides is 2. The predicted octanol–water partition coefficient (Wildman–Crippen LogP) is 4.37. The molecule has 1 aliphatic heterocycles. The van der Waals surface area contributed by atoms with Gasteiger partial charge in [0.15, 0.2) is 0 Å². The Balaban J connectivity index is 1.87. The van der Waals surface area contributed by atoms with Crippen molar-refractivity contribution in [2.45, 2.75) is 6.42 Å². The minimum absolute atomic E-state index is 0.145. The number of anilines is 1. The summed E-state index contributed by atoms with van der Waals surface area (Å²) in [5.41, 5.74) is 3.16. The Kier molecular flexibility index (Phi) is 4.54. The lowest BCUT2D eigenvalue weighted by Crippen LogP contribution is -2.39. The van der Waals surface area contributed by atoms with Crippen molar-refractivity contribution in [2.75, 3.05) is 5.01 Å².